The second kappa shape index (κ2) is 4.00. The van der Waals surface area contributed by atoms with Crippen molar-refractivity contribution < 1.29 is 22.7 Å². The Kier molecular flexibility index (Phi) is 3.64. The summed E-state index contributed by atoms with van der Waals surface area (Å²) in [5, 5.41) is 0. The summed E-state index contributed by atoms with van der Waals surface area (Å²) in [6.07, 6.45) is -4.41. The molecule has 0 saturated carbocycles. The molecule has 11 heavy (non-hydrogen) atoms. The number of Topliss-reactive ketones (excluding diaryl/α,β-unsaturated/α-hetero) is 1. The molecule has 0 amide bonds. The van der Waals surface area contributed by atoms with Gasteiger partial charge in [-0.3, -0.25) is 4.79 Å². The van der Waals surface area contributed by atoms with Crippen LogP contribution in [-0.4, -0.2) is 18.6 Å². The molecular formula is C6H7F3O2. The molecule has 0 aliphatic rings. The molecule has 0 aliphatic heterocycles. The predicted octanol–water partition coefficient (Wildman–Crippen LogP) is 1.67. The van der Waals surface area contributed by atoms with Gasteiger partial charge in [-0.05, 0) is 0 Å². The summed E-state index contributed by atoms with van der Waals surface area (Å²) >= 11 is 0. The summed E-state index contributed by atoms with van der Waals surface area (Å²) in [4.78, 5) is 10.1. The van der Waals surface area contributed by atoms with Gasteiger partial charge in [0.1, 0.15) is 0 Å². The van der Waals surface area contributed by atoms with Gasteiger partial charge in [0, 0.05) is 6.42 Å². The maximum absolute atomic E-state index is 11.4. The molecule has 0 aliphatic carbocycles. The number of carbonyl (C=O) groups excluding carboxylic acids is 1. The molecule has 0 aromatic rings. The highest BCUT2D eigenvalue weighted by Crippen LogP contribution is 2.17. The van der Waals surface area contributed by atoms with Crippen molar-refractivity contribution in [2.75, 3.05) is 6.61 Å². The van der Waals surface area contributed by atoms with Gasteiger partial charge in [-0.2, -0.15) is 13.2 Å². The van der Waals surface area contributed by atoms with Crippen LogP contribution in [0.1, 0.15) is 6.42 Å². The molecule has 0 heterocycles. The number of halogens is 3. The minimum Gasteiger partial charge on any atom is -0.501 e. The number of hydrogen-bond donors (Lipinski definition) is 0. The van der Waals surface area contributed by atoms with Crippen LogP contribution in [0.3, 0.4) is 0 Å². The smallest absolute Gasteiger partial charge is 0.450 e. The molecule has 0 radical (unpaired) electrons. The van der Waals surface area contributed by atoms with E-state index in [-0.39, 0.29) is 6.61 Å². The van der Waals surface area contributed by atoms with Crippen molar-refractivity contribution in [2.24, 2.45) is 0 Å². The van der Waals surface area contributed by atoms with E-state index >= 15 is 0 Å². The van der Waals surface area contributed by atoms with Gasteiger partial charge in [-0.15, -0.1) is 0 Å². The van der Waals surface area contributed by atoms with Crippen molar-refractivity contribution in [3.05, 3.63) is 12.8 Å². The van der Waals surface area contributed by atoms with Crippen molar-refractivity contribution >= 4 is 5.78 Å². The Morgan fingerprint density at radius 1 is 1.55 bits per heavy atom. The molecule has 0 bridgehead atoms. The minimum absolute atomic E-state index is 0.276. The van der Waals surface area contributed by atoms with E-state index in [0.29, 0.717) is 0 Å². The highest BCUT2D eigenvalue weighted by Gasteiger charge is 2.37. The third-order valence-corrected chi connectivity index (χ3v) is 0.881. The lowest BCUT2D eigenvalue weighted by molar-refractivity contribution is -0.171. The molecule has 0 aromatic carbocycles. The van der Waals surface area contributed by atoms with Crippen molar-refractivity contribution in [3.63, 3.8) is 0 Å². The fraction of sp³-hybridized carbons (Fsp3) is 0.500. The summed E-state index contributed by atoms with van der Waals surface area (Å²) in [6.45, 7) is 2.83. The first-order valence-electron chi connectivity index (χ1n) is 2.81. The van der Waals surface area contributed by atoms with Crippen LogP contribution in [0.25, 0.3) is 0 Å². The molecule has 0 aromatic heterocycles. The summed E-state index contributed by atoms with van der Waals surface area (Å²) in [5.41, 5.74) is 0. The molecular weight excluding hydrogens is 161 g/mol. The van der Waals surface area contributed by atoms with Crippen LogP contribution in [0.5, 0.6) is 0 Å². The lowest BCUT2D eigenvalue weighted by Crippen LogP contribution is -2.23. The van der Waals surface area contributed by atoms with E-state index in [1.54, 1.807) is 0 Å². The van der Waals surface area contributed by atoms with E-state index in [0.717, 1.165) is 6.26 Å². The van der Waals surface area contributed by atoms with Gasteiger partial charge < -0.3 is 4.74 Å². The Bertz CT molecular complexity index is 150. The Balaban J connectivity index is 3.62. The van der Waals surface area contributed by atoms with E-state index in [4.69, 9.17) is 0 Å². The van der Waals surface area contributed by atoms with Crippen LogP contribution in [-0.2, 0) is 9.53 Å². The second-order valence-electron chi connectivity index (χ2n) is 1.71. The molecule has 0 spiro atoms. The zero-order valence-corrected chi connectivity index (χ0v) is 5.65. The Morgan fingerprint density at radius 2 is 2.09 bits per heavy atom. The molecule has 64 valence electrons. The Morgan fingerprint density at radius 3 is 2.45 bits per heavy atom. The molecule has 0 unspecified atom stereocenters. The van der Waals surface area contributed by atoms with Gasteiger partial charge in [0.2, 0.25) is 5.78 Å². The van der Waals surface area contributed by atoms with Crippen molar-refractivity contribution in [1.29, 1.82) is 0 Å². The third-order valence-electron chi connectivity index (χ3n) is 0.881. The van der Waals surface area contributed by atoms with Gasteiger partial charge >= 0.3 is 6.18 Å². The standard InChI is InChI=1S/C6H7F3O2/c1-2-11-4-3-5(10)6(7,8)9/h2H,1,3-4H2. The normalized spacial score (nSPS) is 10.8. The molecule has 0 rings (SSSR count). The lowest BCUT2D eigenvalue weighted by Gasteiger charge is -2.03. The molecule has 0 N–H and O–H groups in total. The van der Waals surface area contributed by atoms with Crippen LogP contribution in [0.2, 0.25) is 0 Å². The highest BCUT2D eigenvalue weighted by atomic mass is 19.4. The van der Waals surface area contributed by atoms with E-state index in [9.17, 15) is 18.0 Å². The molecule has 5 heteroatoms. The summed E-state index contributed by atoms with van der Waals surface area (Å²) in [6, 6.07) is 0. The van der Waals surface area contributed by atoms with Gasteiger partial charge in [-0.1, -0.05) is 6.58 Å². The van der Waals surface area contributed by atoms with Crippen LogP contribution in [0, 0.1) is 0 Å². The largest absolute Gasteiger partial charge is 0.501 e. The minimum atomic E-state index is -4.75. The number of alkyl halides is 3. The average Bonchev–Trinajstić information content (AvgIpc) is 1.86. The lowest BCUT2D eigenvalue weighted by atomic mass is 10.3. The SMILES string of the molecule is C=COCCC(=O)C(F)(F)F. The predicted molar refractivity (Wildman–Crippen MR) is 31.8 cm³/mol. The number of hydrogen-bond acceptors (Lipinski definition) is 2. The van der Waals surface area contributed by atoms with Gasteiger partial charge in [0.05, 0.1) is 12.9 Å². The topological polar surface area (TPSA) is 26.3 Å². The first-order valence-corrected chi connectivity index (χ1v) is 2.81. The van der Waals surface area contributed by atoms with E-state index in [1.807, 2.05) is 0 Å². The summed E-state index contributed by atoms with van der Waals surface area (Å²) in [5.74, 6) is -1.78. The Hall–Kier alpha value is -1.00. The van der Waals surface area contributed by atoms with E-state index < -0.39 is 18.4 Å². The zero-order chi connectivity index (χ0) is 8.91. The van der Waals surface area contributed by atoms with Crippen molar-refractivity contribution in [3.8, 4) is 0 Å². The first kappa shape index (κ1) is 10.0. The maximum Gasteiger partial charge on any atom is 0.450 e. The van der Waals surface area contributed by atoms with Gasteiger partial charge in [-0.25, -0.2) is 0 Å². The monoisotopic (exact) mass is 168 g/mol. The number of carbonyl (C=O) groups is 1. The summed E-state index contributed by atoms with van der Waals surface area (Å²) < 4.78 is 38.7. The van der Waals surface area contributed by atoms with Crippen molar-refractivity contribution in [2.45, 2.75) is 12.6 Å². The molecule has 0 saturated heterocycles. The average molecular weight is 168 g/mol. The van der Waals surface area contributed by atoms with Crippen LogP contribution in [0.4, 0.5) is 13.2 Å². The molecule has 0 atom stereocenters. The number of ketones is 1. The van der Waals surface area contributed by atoms with Crippen LogP contribution < -0.4 is 0 Å². The highest BCUT2D eigenvalue weighted by molar-refractivity contribution is 5.83. The summed E-state index contributed by atoms with van der Waals surface area (Å²) in [7, 11) is 0. The van der Waals surface area contributed by atoms with Crippen LogP contribution in [0.15, 0.2) is 12.8 Å². The number of ether oxygens (including phenoxy) is 1. The maximum atomic E-state index is 11.4. The first-order chi connectivity index (χ1) is 4.98. The quantitative estimate of drug-likeness (QED) is 0.471. The van der Waals surface area contributed by atoms with Gasteiger partial charge in [0.25, 0.3) is 0 Å². The van der Waals surface area contributed by atoms with Gasteiger partial charge in [0.15, 0.2) is 0 Å². The fourth-order valence-electron chi connectivity index (χ4n) is 0.377. The van der Waals surface area contributed by atoms with E-state index in [1.165, 1.54) is 0 Å². The number of rotatable bonds is 4. The van der Waals surface area contributed by atoms with Crippen LogP contribution >= 0.6 is 0 Å². The molecule has 0 fully saturated rings. The third kappa shape index (κ3) is 4.41. The molecule has 2 nitrogen and oxygen atoms in total. The second-order valence-corrected chi connectivity index (χ2v) is 1.71. The zero-order valence-electron chi connectivity index (χ0n) is 5.65. The fourth-order valence-corrected chi connectivity index (χ4v) is 0.377. The Labute approximate surface area is 61.6 Å². The van der Waals surface area contributed by atoms with E-state index in [2.05, 4.69) is 11.3 Å². The van der Waals surface area contributed by atoms with Crippen molar-refractivity contribution in [1.82, 2.24) is 0 Å².